The number of oxime groups is 1. The molecule has 0 bridgehead atoms. The van der Waals surface area contributed by atoms with Crippen molar-refractivity contribution in [2.24, 2.45) is 10.1 Å². The number of thioether (sulfide) groups is 1. The molecule has 2 aromatic rings. The van der Waals surface area contributed by atoms with E-state index in [1.54, 1.807) is 18.5 Å². The molecular weight excluding hydrogens is 397 g/mol. The van der Waals surface area contributed by atoms with E-state index in [0.29, 0.717) is 22.1 Å². The van der Waals surface area contributed by atoms with Crippen LogP contribution in [0.2, 0.25) is 5.02 Å². The van der Waals surface area contributed by atoms with Crippen LogP contribution in [0, 0.1) is 12.7 Å². The van der Waals surface area contributed by atoms with Crippen LogP contribution in [0.3, 0.4) is 0 Å². The highest BCUT2D eigenvalue weighted by atomic mass is 35.5. The molecule has 0 saturated carbocycles. The smallest absolute Gasteiger partial charge is 0.142 e. The molecule has 0 N–H and O–H groups in total. The van der Waals surface area contributed by atoms with Crippen molar-refractivity contribution < 1.29 is 9.23 Å². The summed E-state index contributed by atoms with van der Waals surface area (Å²) >= 11 is 7.87. The third-order valence-electron chi connectivity index (χ3n) is 4.49. The second-order valence-corrected chi connectivity index (χ2v) is 8.12. The molecule has 0 fully saturated rings. The maximum absolute atomic E-state index is 13.8. The van der Waals surface area contributed by atoms with Crippen LogP contribution in [0.4, 0.5) is 10.1 Å². The zero-order valence-corrected chi connectivity index (χ0v) is 17.7. The van der Waals surface area contributed by atoms with Crippen LogP contribution in [0.5, 0.6) is 0 Å². The number of hydrogen-bond acceptors (Lipinski definition) is 4. The molecule has 0 spiro atoms. The zero-order chi connectivity index (χ0) is 20.1. The molecule has 4 nitrogen and oxygen atoms in total. The van der Waals surface area contributed by atoms with Gasteiger partial charge in [0.05, 0.1) is 22.8 Å². The van der Waals surface area contributed by atoms with Crippen LogP contribution in [0.15, 0.2) is 51.4 Å². The lowest BCUT2D eigenvalue weighted by Crippen LogP contribution is -2.14. The SMILES string of the molecule is CCN(C)/C=N\c1cc(C)c(C2=NOC(CSc3ccccc3F)C2)cc1Cl. The van der Waals surface area contributed by atoms with Crippen LogP contribution in [-0.2, 0) is 4.84 Å². The number of benzene rings is 2. The van der Waals surface area contributed by atoms with Gasteiger partial charge in [0.25, 0.3) is 0 Å². The van der Waals surface area contributed by atoms with Crippen LogP contribution < -0.4 is 0 Å². The lowest BCUT2D eigenvalue weighted by atomic mass is 10.00. The Morgan fingerprint density at radius 1 is 1.39 bits per heavy atom. The van der Waals surface area contributed by atoms with Crippen molar-refractivity contribution in [3.8, 4) is 0 Å². The molecular formula is C21H23ClFN3OS. The molecule has 148 valence electrons. The Morgan fingerprint density at radius 3 is 2.93 bits per heavy atom. The van der Waals surface area contributed by atoms with Crippen molar-refractivity contribution in [2.45, 2.75) is 31.3 Å². The van der Waals surface area contributed by atoms with E-state index in [4.69, 9.17) is 16.4 Å². The van der Waals surface area contributed by atoms with E-state index in [2.05, 4.69) is 17.1 Å². The first-order valence-electron chi connectivity index (χ1n) is 9.13. The van der Waals surface area contributed by atoms with Crippen molar-refractivity contribution in [1.29, 1.82) is 0 Å². The molecule has 0 aliphatic carbocycles. The summed E-state index contributed by atoms with van der Waals surface area (Å²) in [6.45, 7) is 4.94. The molecule has 0 aromatic heterocycles. The molecule has 3 rings (SSSR count). The predicted octanol–water partition coefficient (Wildman–Crippen LogP) is 5.68. The van der Waals surface area contributed by atoms with E-state index in [1.165, 1.54) is 17.8 Å². The van der Waals surface area contributed by atoms with Crippen LogP contribution in [0.1, 0.15) is 24.5 Å². The van der Waals surface area contributed by atoms with E-state index in [-0.39, 0.29) is 11.9 Å². The van der Waals surface area contributed by atoms with Gasteiger partial charge in [-0.3, -0.25) is 0 Å². The van der Waals surface area contributed by atoms with Gasteiger partial charge in [0.1, 0.15) is 11.9 Å². The molecule has 7 heteroatoms. The minimum Gasteiger partial charge on any atom is -0.391 e. The topological polar surface area (TPSA) is 37.2 Å². The zero-order valence-electron chi connectivity index (χ0n) is 16.2. The molecule has 0 radical (unpaired) electrons. The van der Waals surface area contributed by atoms with E-state index < -0.39 is 0 Å². The van der Waals surface area contributed by atoms with Gasteiger partial charge in [-0.1, -0.05) is 28.9 Å². The van der Waals surface area contributed by atoms with Gasteiger partial charge in [-0.2, -0.15) is 0 Å². The van der Waals surface area contributed by atoms with Gasteiger partial charge in [0.2, 0.25) is 0 Å². The largest absolute Gasteiger partial charge is 0.391 e. The Labute approximate surface area is 174 Å². The van der Waals surface area contributed by atoms with Gasteiger partial charge >= 0.3 is 0 Å². The number of halogens is 2. The van der Waals surface area contributed by atoms with Crippen LogP contribution in [-0.4, -0.2) is 42.4 Å². The van der Waals surface area contributed by atoms with E-state index in [1.807, 2.05) is 37.1 Å². The molecule has 1 heterocycles. The molecule has 2 aromatic carbocycles. The Kier molecular flexibility index (Phi) is 6.97. The third-order valence-corrected chi connectivity index (χ3v) is 5.98. The van der Waals surface area contributed by atoms with Gasteiger partial charge in [0.15, 0.2) is 0 Å². The number of nitrogens with zero attached hydrogens (tertiary/aromatic N) is 3. The van der Waals surface area contributed by atoms with Crippen molar-refractivity contribution in [2.75, 3.05) is 19.3 Å². The molecule has 1 unspecified atom stereocenters. The van der Waals surface area contributed by atoms with Gasteiger partial charge in [-0.25, -0.2) is 9.38 Å². The van der Waals surface area contributed by atoms with Gasteiger partial charge in [-0.15, -0.1) is 11.8 Å². The number of hydrogen-bond donors (Lipinski definition) is 0. The normalized spacial score (nSPS) is 16.3. The van der Waals surface area contributed by atoms with Crippen molar-refractivity contribution in [1.82, 2.24) is 4.90 Å². The molecule has 1 aliphatic heterocycles. The Bertz CT molecular complexity index is 903. The summed E-state index contributed by atoms with van der Waals surface area (Å²) in [5, 5.41) is 4.82. The maximum atomic E-state index is 13.8. The summed E-state index contributed by atoms with van der Waals surface area (Å²) < 4.78 is 13.8. The fraction of sp³-hybridized carbons (Fsp3) is 0.333. The van der Waals surface area contributed by atoms with Crippen LogP contribution >= 0.6 is 23.4 Å². The van der Waals surface area contributed by atoms with Crippen molar-refractivity contribution >= 4 is 41.1 Å². The standard InChI is InChI=1S/C21H23ClFN3OS/c1-4-26(3)13-24-20-9-14(2)16(11-17(20)22)19-10-15(27-25-19)12-28-21-8-6-5-7-18(21)23/h5-9,11,13,15H,4,10,12H2,1-3H3/b24-13-. The number of rotatable bonds is 7. The lowest BCUT2D eigenvalue weighted by Gasteiger charge is -2.11. The summed E-state index contributed by atoms with van der Waals surface area (Å²) in [5.41, 5.74) is 3.60. The highest BCUT2D eigenvalue weighted by Gasteiger charge is 2.24. The Morgan fingerprint density at radius 2 is 2.18 bits per heavy atom. The van der Waals surface area contributed by atoms with E-state index >= 15 is 0 Å². The summed E-state index contributed by atoms with van der Waals surface area (Å²) in [6, 6.07) is 10.6. The van der Waals surface area contributed by atoms with Gasteiger partial charge in [-0.05, 0) is 43.7 Å². The summed E-state index contributed by atoms with van der Waals surface area (Å²) in [6.07, 6.45) is 2.35. The Hall–Kier alpha value is -2.05. The molecule has 0 saturated heterocycles. The van der Waals surface area contributed by atoms with Gasteiger partial charge < -0.3 is 9.74 Å². The minimum absolute atomic E-state index is 0.0892. The highest BCUT2D eigenvalue weighted by Crippen LogP contribution is 2.32. The van der Waals surface area contributed by atoms with Crippen molar-refractivity contribution in [3.63, 3.8) is 0 Å². The first-order valence-corrected chi connectivity index (χ1v) is 10.5. The second kappa shape index (κ2) is 9.43. The summed E-state index contributed by atoms with van der Waals surface area (Å²) in [7, 11) is 1.96. The molecule has 1 aliphatic rings. The maximum Gasteiger partial charge on any atom is 0.142 e. The molecule has 0 amide bonds. The minimum atomic E-state index is -0.209. The summed E-state index contributed by atoms with van der Waals surface area (Å²) in [4.78, 5) is 12.6. The third kappa shape index (κ3) is 5.06. The first-order chi connectivity index (χ1) is 13.5. The number of aryl methyl sites for hydroxylation is 1. The van der Waals surface area contributed by atoms with E-state index in [0.717, 1.165) is 29.1 Å². The fourth-order valence-electron chi connectivity index (χ4n) is 2.74. The lowest BCUT2D eigenvalue weighted by molar-refractivity contribution is 0.103. The monoisotopic (exact) mass is 419 g/mol. The number of aliphatic imine (C=N–C) groups is 1. The quantitative estimate of drug-likeness (QED) is 0.329. The molecule has 28 heavy (non-hydrogen) atoms. The predicted molar refractivity (Wildman–Crippen MR) is 116 cm³/mol. The van der Waals surface area contributed by atoms with E-state index in [9.17, 15) is 4.39 Å². The summed E-state index contributed by atoms with van der Waals surface area (Å²) in [5.74, 6) is 0.422. The van der Waals surface area contributed by atoms with Crippen LogP contribution in [0.25, 0.3) is 0 Å². The average molecular weight is 420 g/mol. The molecule has 1 atom stereocenters. The Balaban J connectivity index is 1.65. The average Bonchev–Trinajstić information content (AvgIpc) is 3.16. The highest BCUT2D eigenvalue weighted by molar-refractivity contribution is 7.99. The van der Waals surface area contributed by atoms with Gasteiger partial charge in [0, 0.05) is 36.2 Å². The van der Waals surface area contributed by atoms with Crippen molar-refractivity contribution in [3.05, 3.63) is 58.4 Å². The fourth-order valence-corrected chi connectivity index (χ4v) is 3.88. The second-order valence-electron chi connectivity index (χ2n) is 6.65. The first kappa shape index (κ1) is 20.7.